The normalized spacial score (nSPS) is 24.0. The van der Waals surface area contributed by atoms with Gasteiger partial charge in [-0.1, -0.05) is 6.08 Å². The molecule has 4 heteroatoms. The van der Waals surface area contributed by atoms with Crippen LogP contribution in [0.3, 0.4) is 0 Å². The molecular weight excluding hydrogens is 146 g/mol. The Kier molecular flexibility index (Phi) is 2.36. The zero-order chi connectivity index (χ0) is 8.27. The van der Waals surface area contributed by atoms with Crippen molar-refractivity contribution in [3.05, 3.63) is 21.8 Å². The number of allylic oxidation sites excluding steroid dienone is 1. The van der Waals surface area contributed by atoms with Gasteiger partial charge in [-0.2, -0.15) is 0 Å². The second kappa shape index (κ2) is 3.27. The van der Waals surface area contributed by atoms with Crippen molar-refractivity contribution in [2.75, 3.05) is 0 Å². The lowest BCUT2D eigenvalue weighted by Crippen LogP contribution is -2.22. The second-order valence-electron chi connectivity index (χ2n) is 2.62. The first kappa shape index (κ1) is 7.91. The highest BCUT2D eigenvalue weighted by Gasteiger charge is 2.23. The SMILES string of the molecule is O=CC1=CCC[C@@H]([N+](=O)[O-])C1. The van der Waals surface area contributed by atoms with Crippen LogP contribution in [-0.4, -0.2) is 17.3 Å². The van der Waals surface area contributed by atoms with Gasteiger partial charge in [0.2, 0.25) is 6.04 Å². The fourth-order valence-electron chi connectivity index (χ4n) is 1.19. The smallest absolute Gasteiger partial charge is 0.217 e. The number of nitro groups is 1. The molecule has 0 aliphatic heterocycles. The Morgan fingerprint density at radius 3 is 3.00 bits per heavy atom. The van der Waals surface area contributed by atoms with E-state index in [1.54, 1.807) is 6.08 Å². The lowest BCUT2D eigenvalue weighted by molar-refractivity contribution is -0.523. The highest BCUT2D eigenvalue weighted by Crippen LogP contribution is 2.18. The lowest BCUT2D eigenvalue weighted by Gasteiger charge is -2.12. The highest BCUT2D eigenvalue weighted by atomic mass is 16.6. The van der Waals surface area contributed by atoms with Gasteiger partial charge < -0.3 is 0 Å². The van der Waals surface area contributed by atoms with Gasteiger partial charge in [0.15, 0.2) is 0 Å². The molecule has 0 saturated heterocycles. The molecule has 60 valence electrons. The first-order valence-corrected chi connectivity index (χ1v) is 3.51. The van der Waals surface area contributed by atoms with E-state index in [-0.39, 0.29) is 4.92 Å². The number of rotatable bonds is 2. The third-order valence-electron chi connectivity index (χ3n) is 1.83. The van der Waals surface area contributed by atoms with Gasteiger partial charge in [-0.05, 0) is 12.0 Å². The van der Waals surface area contributed by atoms with Gasteiger partial charge in [0.1, 0.15) is 6.29 Å². The number of aldehydes is 1. The quantitative estimate of drug-likeness (QED) is 0.338. The summed E-state index contributed by atoms with van der Waals surface area (Å²) in [5.41, 5.74) is 0.568. The molecule has 0 aromatic rings. The summed E-state index contributed by atoms with van der Waals surface area (Å²) in [6.45, 7) is 0. The molecule has 0 unspecified atom stereocenters. The number of hydrogen-bond acceptors (Lipinski definition) is 3. The molecular formula is C7H9NO3. The van der Waals surface area contributed by atoms with E-state index in [2.05, 4.69) is 0 Å². The predicted molar refractivity (Wildman–Crippen MR) is 38.8 cm³/mol. The minimum atomic E-state index is -0.541. The fraction of sp³-hybridized carbons (Fsp3) is 0.571. The Labute approximate surface area is 64.0 Å². The molecule has 0 spiro atoms. The van der Waals surface area contributed by atoms with Gasteiger partial charge in [0.05, 0.1) is 0 Å². The maximum atomic E-state index is 10.3. The van der Waals surface area contributed by atoms with Crippen molar-refractivity contribution in [3.8, 4) is 0 Å². The van der Waals surface area contributed by atoms with Crippen molar-refractivity contribution in [2.45, 2.75) is 25.3 Å². The van der Waals surface area contributed by atoms with E-state index in [0.29, 0.717) is 31.1 Å². The minimum Gasteiger partial charge on any atom is -0.298 e. The first-order chi connectivity index (χ1) is 5.24. The third kappa shape index (κ3) is 1.86. The van der Waals surface area contributed by atoms with Crippen LogP contribution in [0.4, 0.5) is 0 Å². The standard InChI is InChI=1S/C7H9NO3/c9-5-6-2-1-3-7(4-6)8(10)11/h2,5,7H,1,3-4H2/t7-/m1/s1. The van der Waals surface area contributed by atoms with E-state index in [0.717, 1.165) is 0 Å². The summed E-state index contributed by atoms with van der Waals surface area (Å²) in [5, 5.41) is 10.3. The Morgan fingerprint density at radius 1 is 1.73 bits per heavy atom. The molecule has 1 aliphatic rings. The van der Waals surface area contributed by atoms with Crippen LogP contribution in [0.1, 0.15) is 19.3 Å². The first-order valence-electron chi connectivity index (χ1n) is 3.51. The van der Waals surface area contributed by atoms with Crippen LogP contribution in [0.25, 0.3) is 0 Å². The third-order valence-corrected chi connectivity index (χ3v) is 1.83. The monoisotopic (exact) mass is 155 g/mol. The zero-order valence-corrected chi connectivity index (χ0v) is 6.03. The van der Waals surface area contributed by atoms with E-state index >= 15 is 0 Å². The lowest BCUT2D eigenvalue weighted by atomic mass is 9.96. The second-order valence-corrected chi connectivity index (χ2v) is 2.62. The van der Waals surface area contributed by atoms with E-state index < -0.39 is 6.04 Å². The summed E-state index contributed by atoms with van der Waals surface area (Å²) < 4.78 is 0. The summed E-state index contributed by atoms with van der Waals surface area (Å²) in [5.74, 6) is 0. The van der Waals surface area contributed by atoms with Gasteiger partial charge in [-0.25, -0.2) is 0 Å². The average molecular weight is 155 g/mol. The molecule has 0 aromatic carbocycles. The molecule has 0 aromatic heterocycles. The molecule has 0 fully saturated rings. The van der Waals surface area contributed by atoms with E-state index in [1.165, 1.54) is 0 Å². The van der Waals surface area contributed by atoms with Gasteiger partial charge in [0.25, 0.3) is 0 Å². The molecule has 1 atom stereocenters. The van der Waals surface area contributed by atoms with Crippen LogP contribution < -0.4 is 0 Å². The molecule has 0 bridgehead atoms. The number of nitrogens with zero attached hydrogens (tertiary/aromatic N) is 1. The zero-order valence-electron chi connectivity index (χ0n) is 6.03. The van der Waals surface area contributed by atoms with Crippen molar-refractivity contribution >= 4 is 6.29 Å². The fourth-order valence-corrected chi connectivity index (χ4v) is 1.19. The number of carbonyl (C=O) groups is 1. The Morgan fingerprint density at radius 2 is 2.45 bits per heavy atom. The number of hydrogen-bond donors (Lipinski definition) is 0. The maximum Gasteiger partial charge on any atom is 0.217 e. The van der Waals surface area contributed by atoms with Crippen molar-refractivity contribution in [1.29, 1.82) is 0 Å². The van der Waals surface area contributed by atoms with Crippen molar-refractivity contribution < 1.29 is 9.72 Å². The molecule has 4 nitrogen and oxygen atoms in total. The molecule has 1 rings (SSSR count). The summed E-state index contributed by atoms with van der Waals surface area (Å²) >= 11 is 0. The summed E-state index contributed by atoms with van der Waals surface area (Å²) in [7, 11) is 0. The largest absolute Gasteiger partial charge is 0.298 e. The average Bonchev–Trinajstić information content (AvgIpc) is 2.05. The highest BCUT2D eigenvalue weighted by molar-refractivity contribution is 5.73. The molecule has 11 heavy (non-hydrogen) atoms. The molecule has 0 amide bonds. The summed E-state index contributed by atoms with van der Waals surface area (Å²) in [4.78, 5) is 20.2. The number of carbonyl (C=O) groups excluding carboxylic acids is 1. The van der Waals surface area contributed by atoms with Gasteiger partial charge in [-0.15, -0.1) is 0 Å². The topological polar surface area (TPSA) is 60.2 Å². The summed E-state index contributed by atoms with van der Waals surface area (Å²) in [6.07, 6.45) is 3.99. The van der Waals surface area contributed by atoms with Crippen molar-refractivity contribution in [3.63, 3.8) is 0 Å². The summed E-state index contributed by atoms with van der Waals surface area (Å²) in [6, 6.07) is -0.541. The van der Waals surface area contributed by atoms with Gasteiger partial charge >= 0.3 is 0 Å². The maximum absolute atomic E-state index is 10.3. The van der Waals surface area contributed by atoms with Crippen LogP contribution in [0.5, 0.6) is 0 Å². The van der Waals surface area contributed by atoms with E-state index in [1.807, 2.05) is 0 Å². The van der Waals surface area contributed by atoms with Crippen LogP contribution in [-0.2, 0) is 4.79 Å². The van der Waals surface area contributed by atoms with Crippen molar-refractivity contribution in [2.24, 2.45) is 0 Å². The van der Waals surface area contributed by atoms with Crippen LogP contribution >= 0.6 is 0 Å². The predicted octanol–water partition coefficient (Wildman–Crippen LogP) is 0.941. The molecule has 0 saturated carbocycles. The van der Waals surface area contributed by atoms with E-state index in [9.17, 15) is 14.9 Å². The molecule has 0 radical (unpaired) electrons. The Bertz CT molecular complexity index is 210. The van der Waals surface area contributed by atoms with Crippen LogP contribution in [0, 0.1) is 10.1 Å². The Hall–Kier alpha value is -1.19. The minimum absolute atomic E-state index is 0.302. The molecule has 0 N–H and O–H groups in total. The van der Waals surface area contributed by atoms with Crippen molar-refractivity contribution in [1.82, 2.24) is 0 Å². The van der Waals surface area contributed by atoms with Gasteiger partial charge in [-0.3, -0.25) is 14.9 Å². The van der Waals surface area contributed by atoms with E-state index in [4.69, 9.17) is 0 Å². The molecule has 0 heterocycles. The van der Waals surface area contributed by atoms with Gasteiger partial charge in [0, 0.05) is 17.8 Å². The Balaban J connectivity index is 2.59. The van der Waals surface area contributed by atoms with Crippen LogP contribution in [0.15, 0.2) is 11.6 Å². The van der Waals surface area contributed by atoms with Crippen LogP contribution in [0.2, 0.25) is 0 Å². The molecule has 1 aliphatic carbocycles.